The van der Waals surface area contributed by atoms with Crippen LogP contribution in [0, 0.1) is 0 Å². The molecule has 0 aliphatic carbocycles. The summed E-state index contributed by atoms with van der Waals surface area (Å²) in [6, 6.07) is 26.1. The maximum atomic E-state index is 13.1. The molecular formula is C23H19NO4S. The minimum atomic E-state index is -3.80. The number of nitrogens with one attached hydrogen (secondary N) is 1. The third-order valence-electron chi connectivity index (χ3n) is 4.68. The minimum absolute atomic E-state index is 0.118. The van der Waals surface area contributed by atoms with E-state index in [1.807, 2.05) is 60.7 Å². The van der Waals surface area contributed by atoms with Crippen LogP contribution in [0.1, 0.15) is 17.2 Å². The molecule has 0 unspecified atom stereocenters. The molecule has 0 fully saturated rings. The molecule has 6 heteroatoms. The van der Waals surface area contributed by atoms with E-state index in [-0.39, 0.29) is 4.90 Å². The lowest BCUT2D eigenvalue weighted by atomic mass is 10.00. The van der Waals surface area contributed by atoms with Gasteiger partial charge in [-0.1, -0.05) is 60.7 Å². The van der Waals surface area contributed by atoms with E-state index in [0.717, 1.165) is 11.1 Å². The van der Waals surface area contributed by atoms with Crippen LogP contribution < -0.4 is 10.3 Å². The van der Waals surface area contributed by atoms with Gasteiger partial charge in [0.15, 0.2) is 0 Å². The van der Waals surface area contributed by atoms with Gasteiger partial charge in [-0.25, -0.2) is 17.9 Å². The van der Waals surface area contributed by atoms with E-state index in [1.165, 1.54) is 24.3 Å². The molecule has 1 heterocycles. The van der Waals surface area contributed by atoms with Crippen LogP contribution in [0.25, 0.3) is 11.0 Å². The van der Waals surface area contributed by atoms with Gasteiger partial charge in [-0.15, -0.1) is 0 Å². The molecule has 29 heavy (non-hydrogen) atoms. The zero-order chi connectivity index (χ0) is 20.3. The van der Waals surface area contributed by atoms with E-state index in [1.54, 1.807) is 6.07 Å². The number of benzene rings is 3. The number of sulfonamides is 1. The molecular weight excluding hydrogens is 386 g/mol. The SMILES string of the molecule is O=c1ccc2cc(S(=O)(=O)N[C@H](Cc3ccccc3)c3ccccc3)ccc2o1. The first-order chi connectivity index (χ1) is 14.0. The standard InChI is InChI=1S/C23H19NO4S/c25-23-14-11-19-16-20(12-13-22(19)28-23)29(26,27)24-21(18-9-5-2-6-10-18)15-17-7-3-1-4-8-17/h1-14,16,21,24H,15H2/t21-/m1/s1. The van der Waals surface area contributed by atoms with Crippen LogP contribution in [-0.4, -0.2) is 8.42 Å². The molecule has 4 aromatic rings. The van der Waals surface area contributed by atoms with E-state index in [0.29, 0.717) is 17.4 Å². The molecule has 0 amide bonds. The molecule has 1 atom stereocenters. The molecule has 0 aliphatic rings. The van der Waals surface area contributed by atoms with Gasteiger partial charge in [-0.3, -0.25) is 0 Å². The van der Waals surface area contributed by atoms with Crippen molar-refractivity contribution in [1.29, 1.82) is 0 Å². The molecule has 0 saturated heterocycles. The Kier molecular flexibility index (Phi) is 5.29. The van der Waals surface area contributed by atoms with Crippen molar-refractivity contribution in [3.05, 3.63) is 113 Å². The van der Waals surface area contributed by atoms with Crippen molar-refractivity contribution in [1.82, 2.24) is 4.72 Å². The molecule has 4 rings (SSSR count). The Labute approximate surface area is 168 Å². The van der Waals surface area contributed by atoms with Crippen molar-refractivity contribution < 1.29 is 12.8 Å². The second-order valence-electron chi connectivity index (χ2n) is 6.73. The van der Waals surface area contributed by atoms with E-state index >= 15 is 0 Å². The molecule has 0 spiro atoms. The highest BCUT2D eigenvalue weighted by Crippen LogP contribution is 2.23. The quantitative estimate of drug-likeness (QED) is 0.491. The fraction of sp³-hybridized carbons (Fsp3) is 0.0870. The first-order valence-electron chi connectivity index (χ1n) is 9.16. The first-order valence-corrected chi connectivity index (χ1v) is 10.6. The van der Waals surface area contributed by atoms with Crippen molar-refractivity contribution >= 4 is 21.0 Å². The van der Waals surface area contributed by atoms with Crippen molar-refractivity contribution in [2.75, 3.05) is 0 Å². The molecule has 0 saturated carbocycles. The molecule has 0 aliphatic heterocycles. The monoisotopic (exact) mass is 405 g/mol. The molecule has 1 aromatic heterocycles. The van der Waals surface area contributed by atoms with Crippen molar-refractivity contribution in [2.24, 2.45) is 0 Å². The lowest BCUT2D eigenvalue weighted by molar-refractivity contribution is 0.554. The summed E-state index contributed by atoms with van der Waals surface area (Å²) in [5.74, 6) is 0. The Morgan fingerprint density at radius 3 is 2.24 bits per heavy atom. The fourth-order valence-electron chi connectivity index (χ4n) is 3.24. The summed E-state index contributed by atoms with van der Waals surface area (Å²) in [5.41, 5.74) is 1.79. The predicted octanol–water partition coefficient (Wildman–Crippen LogP) is 4.06. The molecule has 5 nitrogen and oxygen atoms in total. The van der Waals surface area contributed by atoms with Crippen molar-refractivity contribution in [3.63, 3.8) is 0 Å². The van der Waals surface area contributed by atoms with Gasteiger partial charge >= 0.3 is 5.63 Å². The van der Waals surface area contributed by atoms with Crippen LogP contribution in [0.5, 0.6) is 0 Å². The Morgan fingerprint density at radius 2 is 1.52 bits per heavy atom. The number of hydrogen-bond acceptors (Lipinski definition) is 4. The summed E-state index contributed by atoms with van der Waals surface area (Å²) >= 11 is 0. The largest absolute Gasteiger partial charge is 0.423 e. The Bertz CT molecular complexity index is 1280. The smallest absolute Gasteiger partial charge is 0.336 e. The first kappa shape index (κ1) is 19.1. The van der Waals surface area contributed by atoms with Gasteiger partial charge in [-0.2, -0.15) is 0 Å². The molecule has 3 aromatic carbocycles. The molecule has 0 bridgehead atoms. The van der Waals surface area contributed by atoms with Gasteiger partial charge in [0.2, 0.25) is 10.0 Å². The topological polar surface area (TPSA) is 76.4 Å². The van der Waals surface area contributed by atoms with Gasteiger partial charge in [0.25, 0.3) is 0 Å². The van der Waals surface area contributed by atoms with Gasteiger partial charge in [0.05, 0.1) is 10.9 Å². The van der Waals surface area contributed by atoms with Crippen LogP contribution in [0.4, 0.5) is 0 Å². The van der Waals surface area contributed by atoms with Gasteiger partial charge < -0.3 is 4.42 Å². The van der Waals surface area contributed by atoms with Crippen LogP contribution in [-0.2, 0) is 16.4 Å². The highest BCUT2D eigenvalue weighted by molar-refractivity contribution is 7.89. The summed E-state index contributed by atoms with van der Waals surface area (Å²) in [6.45, 7) is 0. The highest BCUT2D eigenvalue weighted by atomic mass is 32.2. The fourth-order valence-corrected chi connectivity index (χ4v) is 4.49. The average molecular weight is 405 g/mol. The Balaban J connectivity index is 1.68. The number of hydrogen-bond donors (Lipinski definition) is 1. The zero-order valence-corrected chi connectivity index (χ0v) is 16.3. The van der Waals surface area contributed by atoms with Crippen LogP contribution in [0.15, 0.2) is 105 Å². The van der Waals surface area contributed by atoms with Gasteiger partial charge in [0.1, 0.15) is 5.58 Å². The van der Waals surface area contributed by atoms with E-state index in [2.05, 4.69) is 4.72 Å². The van der Waals surface area contributed by atoms with E-state index in [4.69, 9.17) is 4.42 Å². The maximum absolute atomic E-state index is 13.1. The summed E-state index contributed by atoms with van der Waals surface area (Å²) < 4.78 is 34.1. The molecule has 146 valence electrons. The van der Waals surface area contributed by atoms with Crippen molar-refractivity contribution in [2.45, 2.75) is 17.4 Å². The van der Waals surface area contributed by atoms with Gasteiger partial charge in [-0.05, 0) is 41.8 Å². The van der Waals surface area contributed by atoms with Crippen LogP contribution in [0.3, 0.4) is 0 Å². The minimum Gasteiger partial charge on any atom is -0.423 e. The molecule has 0 radical (unpaired) electrons. The second kappa shape index (κ2) is 8.03. The summed E-state index contributed by atoms with van der Waals surface area (Å²) in [4.78, 5) is 11.5. The number of rotatable bonds is 6. The van der Waals surface area contributed by atoms with E-state index in [9.17, 15) is 13.2 Å². The second-order valence-corrected chi connectivity index (χ2v) is 8.44. The normalized spacial score (nSPS) is 12.7. The number of fused-ring (bicyclic) bond motifs is 1. The summed E-state index contributed by atoms with van der Waals surface area (Å²) in [5, 5.41) is 0.548. The predicted molar refractivity (Wildman–Crippen MR) is 112 cm³/mol. The molecule has 1 N–H and O–H groups in total. The lowest BCUT2D eigenvalue weighted by Gasteiger charge is -2.20. The lowest BCUT2D eigenvalue weighted by Crippen LogP contribution is -2.30. The van der Waals surface area contributed by atoms with Crippen LogP contribution in [0.2, 0.25) is 0 Å². The third kappa shape index (κ3) is 4.45. The summed E-state index contributed by atoms with van der Waals surface area (Å²) in [6.07, 6.45) is 0.520. The van der Waals surface area contributed by atoms with E-state index < -0.39 is 21.7 Å². The zero-order valence-electron chi connectivity index (χ0n) is 15.5. The van der Waals surface area contributed by atoms with Crippen molar-refractivity contribution in [3.8, 4) is 0 Å². The van der Waals surface area contributed by atoms with Gasteiger partial charge in [0, 0.05) is 11.5 Å². The van der Waals surface area contributed by atoms with Crippen LogP contribution >= 0.6 is 0 Å². The average Bonchev–Trinajstić information content (AvgIpc) is 2.74. The summed E-state index contributed by atoms with van der Waals surface area (Å²) in [7, 11) is -3.80. The maximum Gasteiger partial charge on any atom is 0.336 e. The Hall–Kier alpha value is -3.22. The third-order valence-corrected chi connectivity index (χ3v) is 6.15. The highest BCUT2D eigenvalue weighted by Gasteiger charge is 2.22. The Morgan fingerprint density at radius 1 is 0.828 bits per heavy atom.